The number of hydrogen-bond donors (Lipinski definition) is 2. The monoisotopic (exact) mass is 599 g/mol. The number of likely N-dealkylation sites (N-methyl/N-ethyl adjacent to an activating group) is 1. The number of carbonyl (C=O) groups excluding carboxylic acids is 1. The van der Waals surface area contributed by atoms with Crippen LogP contribution in [0.1, 0.15) is 25.3 Å². The second-order valence-corrected chi connectivity index (χ2v) is 9.65. The molecule has 1 fully saturated rings. The quantitative estimate of drug-likeness (QED) is 0.210. The normalized spacial score (nSPS) is 19.3. The SMILES string of the molecule is CCN(C(=O)[C@H]1CCCN1)C1CN(/C(=N\C#N)Nc2ccc(F)c(OC(F)(F)F)c2)N=C1c1ccc(Cl)c(Cl)c1. The van der Waals surface area contributed by atoms with Crippen LogP contribution < -0.4 is 15.4 Å². The molecule has 2 aliphatic heterocycles. The van der Waals surface area contributed by atoms with Gasteiger partial charge in [0.25, 0.3) is 0 Å². The van der Waals surface area contributed by atoms with E-state index in [1.165, 1.54) is 5.01 Å². The molecule has 0 saturated carbocycles. The fraction of sp³-hybridized carbons (Fsp3) is 0.360. The highest BCUT2D eigenvalue weighted by Crippen LogP contribution is 2.30. The average Bonchev–Trinajstić information content (AvgIpc) is 3.58. The zero-order valence-corrected chi connectivity index (χ0v) is 22.5. The number of benzene rings is 2. The summed E-state index contributed by atoms with van der Waals surface area (Å²) in [7, 11) is 0. The highest BCUT2D eigenvalue weighted by atomic mass is 35.5. The van der Waals surface area contributed by atoms with Gasteiger partial charge in [-0.2, -0.15) is 10.4 Å². The molecule has 1 amide bonds. The number of amides is 1. The Bertz CT molecular complexity index is 1370. The maximum atomic E-state index is 13.9. The smallest absolute Gasteiger partial charge is 0.403 e. The van der Waals surface area contributed by atoms with Crippen LogP contribution in [-0.2, 0) is 4.79 Å². The van der Waals surface area contributed by atoms with Crippen molar-refractivity contribution in [3.8, 4) is 11.9 Å². The van der Waals surface area contributed by atoms with Crippen molar-refractivity contribution in [1.29, 1.82) is 5.26 Å². The number of anilines is 1. The van der Waals surface area contributed by atoms with Gasteiger partial charge in [-0.05, 0) is 50.6 Å². The van der Waals surface area contributed by atoms with E-state index < -0.39 is 24.0 Å². The van der Waals surface area contributed by atoms with Crippen molar-refractivity contribution in [2.24, 2.45) is 10.1 Å². The van der Waals surface area contributed by atoms with Crippen LogP contribution in [0.15, 0.2) is 46.5 Å². The molecule has 1 unspecified atom stereocenters. The number of aliphatic imine (C=N–C) groups is 1. The number of halogens is 6. The Balaban J connectivity index is 1.69. The van der Waals surface area contributed by atoms with E-state index in [4.69, 9.17) is 23.2 Å². The Hall–Kier alpha value is -3.60. The highest BCUT2D eigenvalue weighted by Gasteiger charge is 2.39. The van der Waals surface area contributed by atoms with Crippen LogP contribution in [0.5, 0.6) is 5.75 Å². The van der Waals surface area contributed by atoms with Gasteiger partial charge in [0.15, 0.2) is 11.6 Å². The number of nitriles is 1. The molecule has 2 heterocycles. The first kappa shape index (κ1) is 29.4. The molecule has 2 aromatic rings. The van der Waals surface area contributed by atoms with Gasteiger partial charge in [-0.1, -0.05) is 29.3 Å². The van der Waals surface area contributed by atoms with E-state index in [9.17, 15) is 27.6 Å². The summed E-state index contributed by atoms with van der Waals surface area (Å²) in [6.07, 6.45) is -1.95. The van der Waals surface area contributed by atoms with E-state index in [0.717, 1.165) is 31.2 Å². The molecule has 0 radical (unpaired) electrons. The van der Waals surface area contributed by atoms with E-state index in [0.29, 0.717) is 29.3 Å². The molecule has 15 heteroatoms. The second-order valence-electron chi connectivity index (χ2n) is 8.84. The van der Waals surface area contributed by atoms with E-state index in [1.54, 1.807) is 29.3 Å². The molecule has 2 N–H and O–H groups in total. The Morgan fingerprint density at radius 2 is 2.08 bits per heavy atom. The van der Waals surface area contributed by atoms with Crippen LogP contribution in [0.4, 0.5) is 23.2 Å². The Labute approximate surface area is 237 Å². The number of guanidine groups is 1. The lowest BCUT2D eigenvalue weighted by molar-refractivity contribution is -0.275. The van der Waals surface area contributed by atoms with Crippen molar-refractivity contribution in [1.82, 2.24) is 15.2 Å². The molecule has 4 rings (SSSR count). The molecule has 1 saturated heterocycles. The molecule has 2 aromatic carbocycles. The summed E-state index contributed by atoms with van der Waals surface area (Å²) >= 11 is 12.4. The lowest BCUT2D eigenvalue weighted by Crippen LogP contribution is -2.52. The fourth-order valence-corrected chi connectivity index (χ4v) is 4.81. The van der Waals surface area contributed by atoms with Gasteiger partial charge < -0.3 is 20.3 Å². The predicted molar refractivity (Wildman–Crippen MR) is 142 cm³/mol. The summed E-state index contributed by atoms with van der Waals surface area (Å²) in [5, 5.41) is 21.7. The lowest BCUT2D eigenvalue weighted by Gasteiger charge is -2.31. The molecule has 0 aliphatic carbocycles. The third kappa shape index (κ3) is 6.75. The van der Waals surface area contributed by atoms with Crippen LogP contribution in [0.2, 0.25) is 10.0 Å². The first-order valence-electron chi connectivity index (χ1n) is 12.1. The van der Waals surface area contributed by atoms with Gasteiger partial charge in [0.2, 0.25) is 18.1 Å². The molecule has 212 valence electrons. The number of nitrogens with one attached hydrogen (secondary N) is 2. The summed E-state index contributed by atoms with van der Waals surface area (Å²) in [6.45, 7) is 2.93. The van der Waals surface area contributed by atoms with Gasteiger partial charge in [0.1, 0.15) is 0 Å². The Morgan fingerprint density at radius 3 is 2.70 bits per heavy atom. The molecule has 9 nitrogen and oxygen atoms in total. The van der Waals surface area contributed by atoms with Gasteiger partial charge in [0.05, 0.1) is 34.4 Å². The number of alkyl halides is 3. The van der Waals surface area contributed by atoms with Crippen molar-refractivity contribution >= 4 is 46.5 Å². The van der Waals surface area contributed by atoms with Gasteiger partial charge in [0, 0.05) is 23.9 Å². The van der Waals surface area contributed by atoms with Crippen molar-refractivity contribution in [2.45, 2.75) is 38.2 Å². The van der Waals surface area contributed by atoms with Crippen LogP contribution in [0, 0.1) is 17.3 Å². The lowest BCUT2D eigenvalue weighted by atomic mass is 10.0. The summed E-state index contributed by atoms with van der Waals surface area (Å²) < 4.78 is 55.8. The van der Waals surface area contributed by atoms with E-state index in [1.807, 2.05) is 6.92 Å². The maximum absolute atomic E-state index is 13.9. The van der Waals surface area contributed by atoms with Crippen molar-refractivity contribution < 1.29 is 27.1 Å². The van der Waals surface area contributed by atoms with Crippen LogP contribution in [-0.4, -0.2) is 65.6 Å². The number of rotatable bonds is 6. The van der Waals surface area contributed by atoms with Crippen molar-refractivity contribution in [3.05, 3.63) is 57.8 Å². The fourth-order valence-electron chi connectivity index (χ4n) is 4.51. The summed E-state index contributed by atoms with van der Waals surface area (Å²) in [5.41, 5.74) is 0.939. The minimum Gasteiger partial charge on any atom is -0.403 e. The molecule has 2 aliphatic rings. The first-order valence-corrected chi connectivity index (χ1v) is 12.9. The molecule has 2 atom stereocenters. The Morgan fingerprint density at radius 1 is 1.30 bits per heavy atom. The van der Waals surface area contributed by atoms with Gasteiger partial charge in [-0.25, -0.2) is 9.40 Å². The third-order valence-electron chi connectivity index (χ3n) is 6.28. The standard InChI is InChI=1S/C25H23Cl2F4N7O2/c1-2-37(23(39)19-4-3-9-33-19)20-12-38(36-22(20)14-5-7-16(26)17(27)10-14)24(34-13-32)35-15-6-8-18(28)21(11-15)40-25(29,30)31/h5-8,10-11,19-20,33H,2-4,9,12H2,1H3,(H,34,35)/t19-,20?/m1/s1. The summed E-state index contributed by atoms with van der Waals surface area (Å²) in [5.74, 6) is -2.60. The average molecular weight is 600 g/mol. The van der Waals surface area contributed by atoms with Crippen LogP contribution >= 0.6 is 23.2 Å². The minimum absolute atomic E-state index is 0.0441. The zero-order chi connectivity index (χ0) is 29.0. The van der Waals surface area contributed by atoms with E-state index in [2.05, 4.69) is 25.5 Å². The van der Waals surface area contributed by atoms with Gasteiger partial charge >= 0.3 is 6.36 Å². The molecule has 0 spiro atoms. The number of hydrazone groups is 1. The minimum atomic E-state index is -5.12. The number of nitrogens with zero attached hydrogens (tertiary/aromatic N) is 5. The third-order valence-corrected chi connectivity index (χ3v) is 7.02. The van der Waals surface area contributed by atoms with Crippen LogP contribution in [0.3, 0.4) is 0 Å². The van der Waals surface area contributed by atoms with Crippen LogP contribution in [0.25, 0.3) is 0 Å². The van der Waals surface area contributed by atoms with Gasteiger partial charge in [-0.3, -0.25) is 4.79 Å². The Kier molecular flexibility index (Phi) is 9.02. The van der Waals surface area contributed by atoms with E-state index in [-0.39, 0.29) is 35.2 Å². The second kappa shape index (κ2) is 12.3. The summed E-state index contributed by atoms with van der Waals surface area (Å²) in [6, 6.07) is 6.60. The highest BCUT2D eigenvalue weighted by molar-refractivity contribution is 6.42. The predicted octanol–water partition coefficient (Wildman–Crippen LogP) is 4.97. The molecule has 0 bridgehead atoms. The molecule has 0 aromatic heterocycles. The van der Waals surface area contributed by atoms with Crippen molar-refractivity contribution in [2.75, 3.05) is 25.0 Å². The molecule has 40 heavy (non-hydrogen) atoms. The molecular weight excluding hydrogens is 577 g/mol. The molecular formula is C25H23Cl2F4N7O2. The first-order chi connectivity index (χ1) is 19.0. The van der Waals surface area contributed by atoms with Crippen molar-refractivity contribution in [3.63, 3.8) is 0 Å². The van der Waals surface area contributed by atoms with E-state index >= 15 is 0 Å². The zero-order valence-electron chi connectivity index (χ0n) is 21.0. The number of hydrogen-bond acceptors (Lipinski definition) is 6. The number of ether oxygens (including phenoxy) is 1. The summed E-state index contributed by atoms with van der Waals surface area (Å²) in [4.78, 5) is 18.8. The maximum Gasteiger partial charge on any atom is 0.573 e. The largest absolute Gasteiger partial charge is 0.573 e. The van der Waals surface area contributed by atoms with Gasteiger partial charge in [-0.15, -0.1) is 18.2 Å². The number of carbonyl (C=O) groups is 1. The topological polar surface area (TPSA) is 105 Å².